The zero-order valence-electron chi connectivity index (χ0n) is 11.7. The van der Waals surface area contributed by atoms with Gasteiger partial charge in [0.2, 0.25) is 10.0 Å². The smallest absolute Gasteiger partial charge is 0.335 e. The Morgan fingerprint density at radius 3 is 2.48 bits per heavy atom. The quantitative estimate of drug-likeness (QED) is 0.701. The molecule has 0 amide bonds. The highest BCUT2D eigenvalue weighted by Gasteiger charge is 2.24. The predicted molar refractivity (Wildman–Crippen MR) is 74.0 cm³/mol. The number of aromatic carboxylic acids is 1. The second-order valence-electron chi connectivity index (χ2n) is 5.08. The summed E-state index contributed by atoms with van der Waals surface area (Å²) >= 11 is 0. The van der Waals surface area contributed by atoms with Crippen molar-refractivity contribution in [3.63, 3.8) is 0 Å². The van der Waals surface area contributed by atoms with Gasteiger partial charge in [0, 0.05) is 6.04 Å². The minimum atomic E-state index is -4.25. The normalized spacial score (nSPS) is 13.4. The minimum Gasteiger partial charge on any atom is -0.478 e. The number of carbonyl (C=O) groups is 1. The van der Waals surface area contributed by atoms with Crippen LogP contribution in [0.1, 0.15) is 30.6 Å². The van der Waals surface area contributed by atoms with Crippen LogP contribution in [0.25, 0.3) is 0 Å². The van der Waals surface area contributed by atoms with E-state index in [-0.39, 0.29) is 11.5 Å². The maximum absolute atomic E-state index is 13.7. The Labute approximate surface area is 122 Å². The van der Waals surface area contributed by atoms with Gasteiger partial charge >= 0.3 is 5.97 Å². The number of benzene rings is 1. The van der Waals surface area contributed by atoms with Crippen LogP contribution in [0.3, 0.4) is 0 Å². The van der Waals surface area contributed by atoms with Crippen LogP contribution in [0.5, 0.6) is 0 Å². The molecule has 1 aromatic carbocycles. The minimum absolute atomic E-state index is 0.125. The van der Waals surface area contributed by atoms with Crippen LogP contribution in [0.4, 0.5) is 4.39 Å². The number of carboxylic acid groups (broad SMARTS) is 1. The second kappa shape index (κ2) is 6.97. The molecule has 1 unspecified atom stereocenters. The first-order valence-electron chi connectivity index (χ1n) is 6.33. The van der Waals surface area contributed by atoms with E-state index in [9.17, 15) is 22.7 Å². The van der Waals surface area contributed by atoms with Gasteiger partial charge in [-0.2, -0.15) is 0 Å². The van der Waals surface area contributed by atoms with Crippen molar-refractivity contribution >= 4 is 16.0 Å². The summed E-state index contributed by atoms with van der Waals surface area (Å²) in [6.45, 7) is 3.27. The first kappa shape index (κ1) is 17.5. The molecule has 6 nitrogen and oxygen atoms in total. The molecular weight excluding hydrogens is 301 g/mol. The van der Waals surface area contributed by atoms with E-state index in [4.69, 9.17) is 5.11 Å². The standard InChI is InChI=1S/C13H18FNO5S/c1-8(2)5-10(7-16)15-21(19,20)12-6-9(13(17)18)3-4-11(12)14/h3-4,6,8,10,15-16H,5,7H2,1-2H3,(H,17,18). The van der Waals surface area contributed by atoms with Crippen molar-refractivity contribution in [2.24, 2.45) is 5.92 Å². The number of sulfonamides is 1. The predicted octanol–water partition coefficient (Wildman–Crippen LogP) is 1.21. The molecular formula is C13H18FNO5S. The molecule has 0 saturated carbocycles. The summed E-state index contributed by atoms with van der Waals surface area (Å²) in [5, 5.41) is 18.0. The van der Waals surface area contributed by atoms with E-state index in [0.717, 1.165) is 18.2 Å². The highest BCUT2D eigenvalue weighted by Crippen LogP contribution is 2.18. The van der Waals surface area contributed by atoms with Gasteiger partial charge in [-0.25, -0.2) is 22.3 Å². The summed E-state index contributed by atoms with van der Waals surface area (Å²) in [4.78, 5) is 10.1. The van der Waals surface area contributed by atoms with E-state index in [0.29, 0.717) is 6.42 Å². The number of rotatable bonds is 7. The van der Waals surface area contributed by atoms with Crippen LogP contribution in [0.2, 0.25) is 0 Å². The molecule has 21 heavy (non-hydrogen) atoms. The van der Waals surface area contributed by atoms with Crippen molar-refractivity contribution < 1.29 is 27.8 Å². The number of nitrogens with one attached hydrogen (secondary N) is 1. The molecule has 0 spiro atoms. The number of aliphatic hydroxyl groups excluding tert-OH is 1. The Bertz CT molecular complexity index is 615. The third-order valence-corrected chi connectivity index (χ3v) is 4.30. The Morgan fingerprint density at radius 2 is 2.00 bits per heavy atom. The Hall–Kier alpha value is -1.51. The number of hydrogen-bond donors (Lipinski definition) is 3. The van der Waals surface area contributed by atoms with Crippen LogP contribution < -0.4 is 4.72 Å². The third kappa shape index (κ3) is 4.76. The Kier molecular flexibility index (Phi) is 5.82. The molecule has 0 fully saturated rings. The maximum Gasteiger partial charge on any atom is 0.335 e. The Morgan fingerprint density at radius 1 is 1.38 bits per heavy atom. The van der Waals surface area contributed by atoms with Crippen LogP contribution in [-0.2, 0) is 10.0 Å². The Balaban J connectivity index is 3.12. The first-order chi connectivity index (χ1) is 9.67. The average molecular weight is 319 g/mol. The van der Waals surface area contributed by atoms with Gasteiger partial charge in [-0.3, -0.25) is 0 Å². The molecule has 0 aliphatic carbocycles. The van der Waals surface area contributed by atoms with Gasteiger partial charge in [-0.15, -0.1) is 0 Å². The van der Waals surface area contributed by atoms with Crippen molar-refractivity contribution in [2.45, 2.75) is 31.2 Å². The van der Waals surface area contributed by atoms with Crippen LogP contribution in [0.15, 0.2) is 23.1 Å². The lowest BCUT2D eigenvalue weighted by Crippen LogP contribution is -2.38. The molecule has 8 heteroatoms. The number of carboxylic acids is 1. The molecule has 0 saturated heterocycles. The van der Waals surface area contributed by atoms with E-state index in [1.54, 1.807) is 0 Å². The largest absolute Gasteiger partial charge is 0.478 e. The van der Waals surface area contributed by atoms with Gasteiger partial charge in [-0.1, -0.05) is 13.8 Å². The lowest BCUT2D eigenvalue weighted by atomic mass is 10.1. The van der Waals surface area contributed by atoms with Crippen molar-refractivity contribution in [2.75, 3.05) is 6.61 Å². The lowest BCUT2D eigenvalue weighted by Gasteiger charge is -2.18. The summed E-state index contributed by atoms with van der Waals surface area (Å²) in [6.07, 6.45) is 0.371. The summed E-state index contributed by atoms with van der Waals surface area (Å²) < 4.78 is 40.1. The zero-order chi connectivity index (χ0) is 16.2. The van der Waals surface area contributed by atoms with Crippen molar-refractivity contribution in [3.8, 4) is 0 Å². The summed E-state index contributed by atoms with van der Waals surface area (Å²) in [7, 11) is -4.25. The fourth-order valence-corrected chi connectivity index (χ4v) is 3.20. The molecule has 0 radical (unpaired) electrons. The molecule has 0 bridgehead atoms. The van der Waals surface area contributed by atoms with Crippen molar-refractivity contribution in [1.29, 1.82) is 0 Å². The van der Waals surface area contributed by atoms with E-state index in [1.807, 2.05) is 13.8 Å². The highest BCUT2D eigenvalue weighted by molar-refractivity contribution is 7.89. The fourth-order valence-electron chi connectivity index (χ4n) is 1.85. The van der Waals surface area contributed by atoms with Crippen molar-refractivity contribution in [3.05, 3.63) is 29.6 Å². The molecule has 1 rings (SSSR count). The van der Waals surface area contributed by atoms with Crippen LogP contribution >= 0.6 is 0 Å². The van der Waals surface area contributed by atoms with E-state index < -0.39 is 39.4 Å². The molecule has 1 aromatic rings. The number of aliphatic hydroxyl groups is 1. The summed E-state index contributed by atoms with van der Waals surface area (Å²) in [5.41, 5.74) is -0.332. The third-order valence-electron chi connectivity index (χ3n) is 2.77. The number of hydrogen-bond acceptors (Lipinski definition) is 4. The molecule has 3 N–H and O–H groups in total. The van der Waals surface area contributed by atoms with Gasteiger partial charge < -0.3 is 10.2 Å². The van der Waals surface area contributed by atoms with Gasteiger partial charge in [0.25, 0.3) is 0 Å². The number of halogens is 1. The average Bonchev–Trinajstić information content (AvgIpc) is 2.36. The lowest BCUT2D eigenvalue weighted by molar-refractivity contribution is 0.0696. The van der Waals surface area contributed by atoms with Crippen LogP contribution in [0, 0.1) is 11.7 Å². The van der Waals surface area contributed by atoms with E-state index in [1.165, 1.54) is 0 Å². The first-order valence-corrected chi connectivity index (χ1v) is 7.81. The molecule has 1 atom stereocenters. The topological polar surface area (TPSA) is 104 Å². The summed E-state index contributed by atoms with van der Waals surface area (Å²) in [5.74, 6) is -2.28. The molecule has 0 heterocycles. The SMILES string of the molecule is CC(C)CC(CO)NS(=O)(=O)c1cc(C(=O)O)ccc1F. The van der Waals surface area contributed by atoms with Crippen LogP contribution in [-0.4, -0.2) is 37.2 Å². The summed E-state index contributed by atoms with van der Waals surface area (Å²) in [6, 6.07) is 1.76. The highest BCUT2D eigenvalue weighted by atomic mass is 32.2. The monoisotopic (exact) mass is 319 g/mol. The maximum atomic E-state index is 13.7. The molecule has 0 aliphatic heterocycles. The zero-order valence-corrected chi connectivity index (χ0v) is 12.5. The molecule has 0 aromatic heterocycles. The van der Waals surface area contributed by atoms with Gasteiger partial charge in [0.15, 0.2) is 0 Å². The molecule has 0 aliphatic rings. The van der Waals surface area contributed by atoms with Gasteiger partial charge in [0.1, 0.15) is 10.7 Å². The van der Waals surface area contributed by atoms with E-state index >= 15 is 0 Å². The second-order valence-corrected chi connectivity index (χ2v) is 6.76. The van der Waals surface area contributed by atoms with Gasteiger partial charge in [0.05, 0.1) is 12.2 Å². The van der Waals surface area contributed by atoms with Crippen molar-refractivity contribution in [1.82, 2.24) is 4.72 Å². The molecule has 118 valence electrons. The van der Waals surface area contributed by atoms with E-state index in [2.05, 4.69) is 4.72 Å². The van der Waals surface area contributed by atoms with Gasteiger partial charge in [-0.05, 0) is 30.5 Å². The fraction of sp³-hybridized carbons (Fsp3) is 0.462.